The van der Waals surface area contributed by atoms with E-state index < -0.39 is 42.6 Å². The molecule has 1 atom stereocenters. The van der Waals surface area contributed by atoms with Gasteiger partial charge in [-0.25, -0.2) is 9.59 Å². The van der Waals surface area contributed by atoms with Crippen molar-refractivity contribution in [3.8, 4) is 0 Å². The van der Waals surface area contributed by atoms with E-state index >= 15 is 0 Å². The molecule has 2 aromatic carbocycles. The molecule has 3 rings (SSSR count). The summed E-state index contributed by atoms with van der Waals surface area (Å²) in [5, 5.41) is 20.8. The van der Waals surface area contributed by atoms with Gasteiger partial charge in [-0.1, -0.05) is 67.6 Å². The molecule has 1 aliphatic carbocycles. The normalized spacial score (nSPS) is 12.3. The highest BCUT2D eigenvalue weighted by molar-refractivity contribution is 5.80. The summed E-state index contributed by atoms with van der Waals surface area (Å²) < 4.78 is 15.1. The van der Waals surface area contributed by atoms with Crippen molar-refractivity contribution >= 4 is 36.0 Å². The van der Waals surface area contributed by atoms with Crippen LogP contribution in [-0.2, 0) is 46.6 Å². The number of hydrogen-bond donors (Lipinski definition) is 3. The maximum Gasteiger partial charge on any atom is 0.410 e. The highest BCUT2D eigenvalue weighted by atomic mass is 16.6. The van der Waals surface area contributed by atoms with E-state index in [9.17, 15) is 28.8 Å². The third kappa shape index (κ3) is 16.1. The molecule has 0 aromatic heterocycles. The van der Waals surface area contributed by atoms with Gasteiger partial charge in [0.25, 0.3) is 0 Å². The number of nitrogens with zero attached hydrogens (tertiary/aromatic N) is 2. The van der Waals surface area contributed by atoms with E-state index in [0.717, 1.165) is 33.8 Å². The number of hydrogen-bond acceptors (Lipinski definition) is 9. The molecule has 47 heavy (non-hydrogen) atoms. The lowest BCUT2D eigenvalue weighted by Crippen LogP contribution is -2.41. The van der Waals surface area contributed by atoms with Gasteiger partial charge in [-0.05, 0) is 37.3 Å². The standard InChI is InChI=1S/C17H23NO6.C16H20N2O5/c1-3-14(16(20)21)10-18(11-15(19)23-4-2)17(22)24-12-13-8-6-5-7-9-13;19-14(17-13-6-7-13)8-9-18(10-15(20)21)16(22)23-11-12-4-2-1-3-5-12/h5-9,14H,3-4,10-12H2,1-2H3,(H,20,21);1-5,13H,6-11H2,(H,17,19)(H,20,21). The predicted molar refractivity (Wildman–Crippen MR) is 168 cm³/mol. The number of ether oxygens (including phenoxy) is 3. The Bertz CT molecular complexity index is 1300. The second kappa shape index (κ2) is 20.8. The molecule has 0 spiro atoms. The minimum atomic E-state index is -1.15. The molecule has 2 aromatic rings. The van der Waals surface area contributed by atoms with Crippen LogP contribution in [0.15, 0.2) is 60.7 Å². The van der Waals surface area contributed by atoms with Gasteiger partial charge in [0.15, 0.2) is 0 Å². The third-order valence-corrected chi connectivity index (χ3v) is 6.71. The fraction of sp³-hybridized carbons (Fsp3) is 0.455. The van der Waals surface area contributed by atoms with E-state index in [1.165, 1.54) is 0 Å². The summed E-state index contributed by atoms with van der Waals surface area (Å²) in [4.78, 5) is 71.7. The Kier molecular flexibility index (Phi) is 16.8. The molecule has 1 unspecified atom stereocenters. The van der Waals surface area contributed by atoms with Crippen LogP contribution < -0.4 is 5.32 Å². The average molecular weight is 658 g/mol. The van der Waals surface area contributed by atoms with Crippen LogP contribution in [-0.4, -0.2) is 94.8 Å². The van der Waals surface area contributed by atoms with Gasteiger partial charge in [-0.15, -0.1) is 0 Å². The molecule has 1 saturated carbocycles. The van der Waals surface area contributed by atoms with Crippen LogP contribution in [0, 0.1) is 5.92 Å². The van der Waals surface area contributed by atoms with Gasteiger partial charge in [0.1, 0.15) is 26.3 Å². The van der Waals surface area contributed by atoms with Gasteiger partial charge in [0, 0.05) is 25.6 Å². The van der Waals surface area contributed by atoms with Crippen LogP contribution in [0.3, 0.4) is 0 Å². The summed E-state index contributed by atoms with van der Waals surface area (Å²) in [7, 11) is 0. The number of aliphatic carboxylic acids is 2. The second-order valence-corrected chi connectivity index (χ2v) is 10.6. The molecule has 3 N–H and O–H groups in total. The van der Waals surface area contributed by atoms with Crippen LogP contribution in [0.25, 0.3) is 0 Å². The van der Waals surface area contributed by atoms with Crippen molar-refractivity contribution in [3.63, 3.8) is 0 Å². The molecule has 1 fully saturated rings. The number of carboxylic acid groups (broad SMARTS) is 2. The molecule has 0 bridgehead atoms. The van der Waals surface area contributed by atoms with Crippen LogP contribution >= 0.6 is 0 Å². The summed E-state index contributed by atoms with van der Waals surface area (Å²) in [5.74, 6) is -3.73. The number of nitrogens with one attached hydrogen (secondary N) is 1. The second-order valence-electron chi connectivity index (χ2n) is 10.6. The number of carbonyl (C=O) groups excluding carboxylic acids is 4. The highest BCUT2D eigenvalue weighted by Gasteiger charge is 2.27. The zero-order valence-corrected chi connectivity index (χ0v) is 26.7. The quantitative estimate of drug-likeness (QED) is 0.166. The van der Waals surface area contributed by atoms with E-state index in [4.69, 9.17) is 24.4 Å². The lowest BCUT2D eigenvalue weighted by Gasteiger charge is -2.24. The first kappa shape index (κ1) is 38.0. The van der Waals surface area contributed by atoms with Crippen LogP contribution in [0.1, 0.15) is 50.7 Å². The number of carbonyl (C=O) groups is 6. The van der Waals surface area contributed by atoms with Gasteiger partial charge in [0.2, 0.25) is 5.91 Å². The lowest BCUT2D eigenvalue weighted by molar-refractivity contribution is -0.147. The zero-order chi connectivity index (χ0) is 34.6. The smallest absolute Gasteiger partial charge is 0.410 e. The fourth-order valence-electron chi connectivity index (χ4n) is 4.00. The summed E-state index contributed by atoms with van der Waals surface area (Å²) in [6.45, 7) is 2.71. The molecule has 1 aliphatic rings. The van der Waals surface area contributed by atoms with Gasteiger partial charge in [-0.3, -0.25) is 29.0 Å². The van der Waals surface area contributed by atoms with Crippen LogP contribution in [0.5, 0.6) is 0 Å². The molecule has 256 valence electrons. The Morgan fingerprint density at radius 1 is 0.787 bits per heavy atom. The SMILES string of the molecule is CCOC(=O)CN(CC(CC)C(=O)O)C(=O)OCc1ccccc1.O=C(O)CN(CCC(=O)NC1CC1)C(=O)OCc1ccccc1. The van der Waals surface area contributed by atoms with Crippen molar-refractivity contribution in [1.82, 2.24) is 15.1 Å². The van der Waals surface area contributed by atoms with E-state index in [0.29, 0.717) is 6.42 Å². The molecule has 0 saturated heterocycles. The maximum absolute atomic E-state index is 12.2. The molecule has 3 amide bonds. The zero-order valence-electron chi connectivity index (χ0n) is 26.7. The first-order valence-electron chi connectivity index (χ1n) is 15.3. The van der Waals surface area contributed by atoms with Gasteiger partial charge >= 0.3 is 30.1 Å². The molecular formula is C33H43N3O11. The number of amides is 3. The molecule has 14 heteroatoms. The van der Waals surface area contributed by atoms with E-state index in [-0.39, 0.29) is 57.8 Å². The minimum absolute atomic E-state index is 0.0124. The number of carboxylic acids is 2. The number of rotatable bonds is 17. The minimum Gasteiger partial charge on any atom is -0.481 e. The fourth-order valence-corrected chi connectivity index (χ4v) is 4.00. The summed E-state index contributed by atoms with van der Waals surface area (Å²) in [5.41, 5.74) is 1.61. The average Bonchev–Trinajstić information content (AvgIpc) is 3.87. The van der Waals surface area contributed by atoms with Gasteiger partial charge in [0.05, 0.1) is 12.5 Å². The van der Waals surface area contributed by atoms with Crippen molar-refractivity contribution in [3.05, 3.63) is 71.8 Å². The maximum atomic E-state index is 12.2. The highest BCUT2D eigenvalue weighted by Crippen LogP contribution is 2.18. The van der Waals surface area contributed by atoms with E-state index in [2.05, 4.69) is 5.32 Å². The van der Waals surface area contributed by atoms with Gasteiger partial charge < -0.3 is 29.7 Å². The molecular weight excluding hydrogens is 614 g/mol. The Balaban J connectivity index is 0.000000327. The summed E-state index contributed by atoms with van der Waals surface area (Å²) in [6, 6.07) is 18.4. The van der Waals surface area contributed by atoms with Crippen LogP contribution in [0.4, 0.5) is 9.59 Å². The third-order valence-electron chi connectivity index (χ3n) is 6.71. The lowest BCUT2D eigenvalue weighted by atomic mass is 10.1. The topological polar surface area (TPSA) is 189 Å². The van der Waals surface area contributed by atoms with Crippen molar-refractivity contribution in [2.75, 3.05) is 32.8 Å². The molecule has 0 heterocycles. The van der Waals surface area contributed by atoms with Crippen molar-refractivity contribution in [2.45, 2.75) is 58.8 Å². The largest absolute Gasteiger partial charge is 0.481 e. The predicted octanol–water partition coefficient (Wildman–Crippen LogP) is 3.68. The summed E-state index contributed by atoms with van der Waals surface area (Å²) >= 11 is 0. The van der Waals surface area contributed by atoms with Crippen molar-refractivity contribution in [2.24, 2.45) is 5.92 Å². The van der Waals surface area contributed by atoms with E-state index in [1.54, 1.807) is 38.1 Å². The van der Waals surface area contributed by atoms with Crippen LogP contribution in [0.2, 0.25) is 0 Å². The first-order valence-corrected chi connectivity index (χ1v) is 15.3. The Labute approximate surface area is 273 Å². The van der Waals surface area contributed by atoms with Crippen molar-refractivity contribution < 1.29 is 53.2 Å². The van der Waals surface area contributed by atoms with E-state index in [1.807, 2.05) is 36.4 Å². The monoisotopic (exact) mass is 657 g/mol. The molecule has 0 aliphatic heterocycles. The Morgan fingerprint density at radius 2 is 1.32 bits per heavy atom. The number of benzene rings is 2. The molecule has 14 nitrogen and oxygen atoms in total. The summed E-state index contributed by atoms with van der Waals surface area (Å²) in [6.07, 6.45) is 0.861. The Hall–Kier alpha value is -5.14. The Morgan fingerprint density at radius 3 is 1.77 bits per heavy atom. The van der Waals surface area contributed by atoms with Gasteiger partial charge in [-0.2, -0.15) is 0 Å². The first-order chi connectivity index (χ1) is 22.5. The molecule has 0 radical (unpaired) electrons. The number of esters is 1. The van der Waals surface area contributed by atoms with Crippen molar-refractivity contribution in [1.29, 1.82) is 0 Å².